The van der Waals surface area contributed by atoms with Crippen molar-refractivity contribution in [1.82, 2.24) is 9.55 Å². The number of halogens is 3. The van der Waals surface area contributed by atoms with E-state index in [1.165, 1.54) is 11.7 Å². The van der Waals surface area contributed by atoms with Crippen molar-refractivity contribution in [2.45, 2.75) is 0 Å². The lowest BCUT2D eigenvalue weighted by Crippen LogP contribution is -1.99. The molecule has 0 aliphatic heterocycles. The standard InChI is InChI=1S/C14H9F3N2OS/c1-20-8-2-3-12-11(6-8)18-14(21)19(12)7-4-9(15)13(17)10(16)5-7/h2-6H,1H3,(H,18,21). The summed E-state index contributed by atoms with van der Waals surface area (Å²) in [5.74, 6) is -3.43. The van der Waals surface area contributed by atoms with Gasteiger partial charge in [-0.15, -0.1) is 0 Å². The van der Waals surface area contributed by atoms with E-state index in [1.54, 1.807) is 18.2 Å². The molecule has 0 saturated carbocycles. The maximum absolute atomic E-state index is 13.4. The molecule has 0 atom stereocenters. The molecule has 3 rings (SSSR count). The van der Waals surface area contributed by atoms with E-state index in [0.29, 0.717) is 16.8 Å². The largest absolute Gasteiger partial charge is 0.497 e. The van der Waals surface area contributed by atoms with Crippen LogP contribution in [-0.2, 0) is 0 Å². The molecule has 0 aliphatic rings. The highest BCUT2D eigenvalue weighted by atomic mass is 32.1. The molecular formula is C14H9F3N2OS. The number of methoxy groups -OCH3 is 1. The zero-order valence-electron chi connectivity index (χ0n) is 10.8. The van der Waals surface area contributed by atoms with Crippen LogP contribution in [0, 0.1) is 22.2 Å². The lowest BCUT2D eigenvalue weighted by atomic mass is 10.2. The summed E-state index contributed by atoms with van der Waals surface area (Å²) in [6.45, 7) is 0. The van der Waals surface area contributed by atoms with Crippen LogP contribution < -0.4 is 4.74 Å². The van der Waals surface area contributed by atoms with E-state index in [0.717, 1.165) is 12.1 Å². The summed E-state index contributed by atoms with van der Waals surface area (Å²) >= 11 is 5.16. The highest BCUT2D eigenvalue weighted by Crippen LogP contribution is 2.25. The average molecular weight is 310 g/mol. The lowest BCUT2D eigenvalue weighted by molar-refractivity contribution is 0.415. The number of benzene rings is 2. The van der Waals surface area contributed by atoms with Crippen LogP contribution in [0.25, 0.3) is 16.7 Å². The first-order valence-electron chi connectivity index (χ1n) is 5.95. The second-order valence-corrected chi connectivity index (χ2v) is 4.76. The monoisotopic (exact) mass is 310 g/mol. The quantitative estimate of drug-likeness (QED) is 0.570. The van der Waals surface area contributed by atoms with Gasteiger partial charge in [-0.05, 0) is 24.4 Å². The van der Waals surface area contributed by atoms with E-state index in [2.05, 4.69) is 4.98 Å². The molecule has 0 fully saturated rings. The molecule has 0 unspecified atom stereocenters. The normalized spacial score (nSPS) is 11.0. The van der Waals surface area contributed by atoms with Gasteiger partial charge < -0.3 is 9.72 Å². The van der Waals surface area contributed by atoms with Crippen LogP contribution in [0.15, 0.2) is 30.3 Å². The number of aromatic amines is 1. The van der Waals surface area contributed by atoms with Gasteiger partial charge in [0.2, 0.25) is 0 Å². The van der Waals surface area contributed by atoms with Crippen LogP contribution in [0.2, 0.25) is 0 Å². The van der Waals surface area contributed by atoms with Crippen molar-refractivity contribution in [3.05, 3.63) is 52.6 Å². The van der Waals surface area contributed by atoms with Gasteiger partial charge in [-0.25, -0.2) is 13.2 Å². The molecule has 2 aromatic carbocycles. The third kappa shape index (κ3) is 2.19. The molecule has 0 radical (unpaired) electrons. The van der Waals surface area contributed by atoms with Gasteiger partial charge in [0.05, 0.1) is 23.8 Å². The summed E-state index contributed by atoms with van der Waals surface area (Å²) in [4.78, 5) is 2.91. The first-order chi connectivity index (χ1) is 10.0. The molecular weight excluding hydrogens is 301 g/mol. The van der Waals surface area contributed by atoms with E-state index < -0.39 is 17.5 Å². The van der Waals surface area contributed by atoms with E-state index >= 15 is 0 Å². The fraction of sp³-hybridized carbons (Fsp3) is 0.0714. The number of nitrogens with one attached hydrogen (secondary N) is 1. The van der Waals surface area contributed by atoms with Gasteiger partial charge in [-0.1, -0.05) is 0 Å². The zero-order chi connectivity index (χ0) is 15.1. The van der Waals surface area contributed by atoms with E-state index in [1.807, 2.05) is 0 Å². The Morgan fingerprint density at radius 1 is 1.10 bits per heavy atom. The lowest BCUT2D eigenvalue weighted by Gasteiger charge is -2.06. The summed E-state index contributed by atoms with van der Waals surface area (Å²) in [6, 6.07) is 6.88. The zero-order valence-corrected chi connectivity index (χ0v) is 11.6. The molecule has 0 saturated heterocycles. The molecule has 108 valence electrons. The van der Waals surface area contributed by atoms with Crippen LogP contribution >= 0.6 is 12.2 Å². The minimum Gasteiger partial charge on any atom is -0.497 e. The van der Waals surface area contributed by atoms with E-state index in [-0.39, 0.29) is 10.5 Å². The molecule has 0 aliphatic carbocycles. The van der Waals surface area contributed by atoms with Crippen LogP contribution in [0.3, 0.4) is 0 Å². The Kier molecular flexibility index (Phi) is 3.21. The minimum atomic E-state index is -1.51. The SMILES string of the molecule is COc1ccc2c(c1)[nH]c(=S)n2-c1cc(F)c(F)c(F)c1. The predicted molar refractivity (Wildman–Crippen MR) is 74.9 cm³/mol. The second kappa shape index (κ2) is 4.92. The Hall–Kier alpha value is -2.28. The number of aromatic nitrogens is 2. The molecule has 0 amide bonds. The Labute approximate surface area is 122 Å². The summed E-state index contributed by atoms with van der Waals surface area (Å²) in [7, 11) is 1.53. The van der Waals surface area contributed by atoms with Crippen molar-refractivity contribution in [2.24, 2.45) is 0 Å². The molecule has 0 bridgehead atoms. The highest BCUT2D eigenvalue weighted by Gasteiger charge is 2.14. The van der Waals surface area contributed by atoms with Crippen LogP contribution in [0.5, 0.6) is 5.75 Å². The summed E-state index contributed by atoms with van der Waals surface area (Å²) in [6.07, 6.45) is 0. The predicted octanol–water partition coefficient (Wildman–Crippen LogP) is 4.11. The van der Waals surface area contributed by atoms with Gasteiger partial charge in [-0.2, -0.15) is 0 Å². The van der Waals surface area contributed by atoms with Crippen LogP contribution in [0.4, 0.5) is 13.2 Å². The third-order valence-corrected chi connectivity index (χ3v) is 3.40. The van der Waals surface area contributed by atoms with Gasteiger partial charge in [0.15, 0.2) is 22.2 Å². The molecule has 3 nitrogen and oxygen atoms in total. The first kappa shape index (κ1) is 13.7. The maximum atomic E-state index is 13.4. The first-order valence-corrected chi connectivity index (χ1v) is 6.36. The molecule has 1 heterocycles. The Morgan fingerprint density at radius 3 is 2.38 bits per heavy atom. The fourth-order valence-electron chi connectivity index (χ4n) is 2.15. The molecule has 1 aromatic heterocycles. The van der Waals surface area contributed by atoms with Crippen molar-refractivity contribution >= 4 is 23.3 Å². The summed E-state index contributed by atoms with van der Waals surface area (Å²) < 4.78 is 46.6. The number of nitrogens with zero attached hydrogens (tertiary/aromatic N) is 1. The van der Waals surface area contributed by atoms with Gasteiger partial charge in [0, 0.05) is 18.2 Å². The number of ether oxygens (including phenoxy) is 1. The van der Waals surface area contributed by atoms with Gasteiger partial charge in [0.25, 0.3) is 0 Å². The average Bonchev–Trinajstić information content (AvgIpc) is 2.78. The molecule has 0 spiro atoms. The highest BCUT2D eigenvalue weighted by molar-refractivity contribution is 7.71. The number of fused-ring (bicyclic) bond motifs is 1. The molecule has 7 heteroatoms. The topological polar surface area (TPSA) is 29.9 Å². The Balaban J connectivity index is 2.30. The van der Waals surface area contributed by atoms with Crippen molar-refractivity contribution in [2.75, 3.05) is 7.11 Å². The van der Waals surface area contributed by atoms with Crippen LogP contribution in [-0.4, -0.2) is 16.7 Å². The smallest absolute Gasteiger partial charge is 0.194 e. The molecule has 3 aromatic rings. The maximum Gasteiger partial charge on any atom is 0.194 e. The Morgan fingerprint density at radius 2 is 1.76 bits per heavy atom. The van der Waals surface area contributed by atoms with Gasteiger partial charge in [0.1, 0.15) is 5.75 Å². The fourth-order valence-corrected chi connectivity index (χ4v) is 2.46. The van der Waals surface area contributed by atoms with E-state index in [9.17, 15) is 13.2 Å². The van der Waals surface area contributed by atoms with Crippen molar-refractivity contribution in [3.8, 4) is 11.4 Å². The number of hydrogen-bond acceptors (Lipinski definition) is 2. The Bertz CT molecular complexity index is 878. The number of rotatable bonds is 2. The number of H-pyrrole nitrogens is 1. The minimum absolute atomic E-state index is 0.104. The molecule has 21 heavy (non-hydrogen) atoms. The number of imidazole rings is 1. The van der Waals surface area contributed by atoms with Gasteiger partial charge >= 0.3 is 0 Å². The van der Waals surface area contributed by atoms with Crippen molar-refractivity contribution < 1.29 is 17.9 Å². The summed E-state index contributed by atoms with van der Waals surface area (Å²) in [5, 5.41) is 0. The number of hydrogen-bond donors (Lipinski definition) is 1. The van der Waals surface area contributed by atoms with Crippen LogP contribution in [0.1, 0.15) is 0 Å². The third-order valence-electron chi connectivity index (χ3n) is 3.12. The van der Waals surface area contributed by atoms with Crippen molar-refractivity contribution in [3.63, 3.8) is 0 Å². The van der Waals surface area contributed by atoms with E-state index in [4.69, 9.17) is 17.0 Å². The molecule has 1 N–H and O–H groups in total. The van der Waals surface area contributed by atoms with Gasteiger partial charge in [-0.3, -0.25) is 4.57 Å². The second-order valence-electron chi connectivity index (χ2n) is 4.37. The van der Waals surface area contributed by atoms with Crippen molar-refractivity contribution in [1.29, 1.82) is 0 Å². The summed E-state index contributed by atoms with van der Waals surface area (Å²) in [5.41, 5.74) is 1.35.